The molecule has 160 valence electrons. The lowest BCUT2D eigenvalue weighted by Crippen LogP contribution is -2.60. The molecule has 1 amide bonds. The fourth-order valence-electron chi connectivity index (χ4n) is 4.59. The Hall–Kier alpha value is -2.44. The van der Waals surface area contributed by atoms with Crippen LogP contribution in [-0.2, 0) is 11.2 Å². The highest BCUT2D eigenvalue weighted by Gasteiger charge is 2.43. The van der Waals surface area contributed by atoms with Gasteiger partial charge in [-0.2, -0.15) is 0 Å². The summed E-state index contributed by atoms with van der Waals surface area (Å²) < 4.78 is 11.6. The maximum absolute atomic E-state index is 13.0. The van der Waals surface area contributed by atoms with Crippen LogP contribution in [0.15, 0.2) is 48.5 Å². The van der Waals surface area contributed by atoms with Gasteiger partial charge in [-0.1, -0.05) is 24.3 Å². The molecule has 0 bridgehead atoms. The minimum absolute atomic E-state index is 0.0546. The van der Waals surface area contributed by atoms with Crippen molar-refractivity contribution in [2.24, 2.45) is 0 Å². The predicted molar refractivity (Wildman–Crippen MR) is 116 cm³/mol. The molecular weight excluding hydrogens is 378 g/mol. The topological polar surface area (TPSA) is 54.9 Å². The molecule has 2 saturated heterocycles. The van der Waals surface area contributed by atoms with E-state index in [4.69, 9.17) is 9.47 Å². The molecule has 0 saturated carbocycles. The number of nitrogens with zero attached hydrogens (tertiary/aromatic N) is 3. The summed E-state index contributed by atoms with van der Waals surface area (Å²) in [6.45, 7) is 6.33. The Morgan fingerprint density at radius 1 is 1.17 bits per heavy atom. The van der Waals surface area contributed by atoms with Gasteiger partial charge in [0.05, 0.1) is 25.4 Å². The van der Waals surface area contributed by atoms with Crippen molar-refractivity contribution in [2.45, 2.75) is 37.9 Å². The Balaban J connectivity index is 1.34. The number of piperidine rings is 1. The van der Waals surface area contributed by atoms with Crippen molar-refractivity contribution in [3.63, 3.8) is 0 Å². The molecule has 0 N–H and O–H groups in total. The quantitative estimate of drug-likeness (QED) is 0.760. The number of rotatable bonds is 5. The first kappa shape index (κ1) is 20.8. The average molecular weight is 410 g/mol. The van der Waals surface area contributed by atoms with Crippen LogP contribution in [0.1, 0.15) is 35.8 Å². The summed E-state index contributed by atoms with van der Waals surface area (Å²) in [5, 5.41) is 0. The monoisotopic (exact) mass is 409 g/mol. The summed E-state index contributed by atoms with van der Waals surface area (Å²) in [6, 6.07) is 15.5. The second kappa shape index (κ2) is 9.14. The highest BCUT2D eigenvalue weighted by molar-refractivity contribution is 5.94. The zero-order valence-corrected chi connectivity index (χ0v) is 17.9. The maximum atomic E-state index is 13.0. The summed E-state index contributed by atoms with van der Waals surface area (Å²) in [5.41, 5.74) is 1.58. The largest absolute Gasteiger partial charge is 0.481 e. The number of morpholine rings is 1. The first-order chi connectivity index (χ1) is 14.6. The summed E-state index contributed by atoms with van der Waals surface area (Å²) >= 11 is 0. The smallest absolute Gasteiger partial charge is 0.254 e. The van der Waals surface area contributed by atoms with Crippen molar-refractivity contribution >= 4 is 5.91 Å². The Bertz CT molecular complexity index is 850. The van der Waals surface area contributed by atoms with Crippen LogP contribution in [0.2, 0.25) is 0 Å². The molecule has 6 nitrogen and oxygen atoms in total. The number of hydrogen-bond acceptors (Lipinski definition) is 5. The van der Waals surface area contributed by atoms with E-state index in [9.17, 15) is 4.79 Å². The van der Waals surface area contributed by atoms with E-state index in [-0.39, 0.29) is 17.6 Å². The summed E-state index contributed by atoms with van der Waals surface area (Å²) in [5.74, 6) is 0.773. The number of likely N-dealkylation sites (tertiary alicyclic amines) is 1. The van der Waals surface area contributed by atoms with E-state index in [1.54, 1.807) is 7.11 Å². The van der Waals surface area contributed by atoms with Crippen molar-refractivity contribution in [1.29, 1.82) is 0 Å². The molecule has 2 aliphatic rings. The summed E-state index contributed by atoms with van der Waals surface area (Å²) in [4.78, 5) is 22.0. The normalized spacial score (nSPS) is 21.5. The minimum atomic E-state index is -0.229. The van der Waals surface area contributed by atoms with Crippen LogP contribution in [0, 0.1) is 0 Å². The number of methoxy groups -OCH3 is 1. The van der Waals surface area contributed by atoms with Gasteiger partial charge in [-0.15, -0.1) is 0 Å². The van der Waals surface area contributed by atoms with Crippen molar-refractivity contribution in [3.05, 3.63) is 59.8 Å². The first-order valence-electron chi connectivity index (χ1n) is 10.8. The molecule has 2 aromatic rings. The fourth-order valence-corrected chi connectivity index (χ4v) is 4.59. The first-order valence-corrected chi connectivity index (χ1v) is 10.8. The number of carbonyl (C=O) groups excluding carboxylic acids is 1. The van der Waals surface area contributed by atoms with Crippen LogP contribution in [0.4, 0.5) is 0 Å². The van der Waals surface area contributed by atoms with Crippen LogP contribution in [0.3, 0.4) is 0 Å². The van der Waals surface area contributed by atoms with Crippen LogP contribution in [0.5, 0.6) is 5.88 Å². The van der Waals surface area contributed by atoms with Gasteiger partial charge in [-0.05, 0) is 38.0 Å². The number of carbonyl (C=O) groups is 1. The fraction of sp³-hybridized carbons (Fsp3) is 0.500. The Morgan fingerprint density at radius 3 is 2.67 bits per heavy atom. The third-order valence-corrected chi connectivity index (χ3v) is 6.16. The number of amides is 1. The SMILES string of the molecule is COc1cccc(CCN2CCC3(CC2)CN(C(=O)c2ccccc2)CC(C)O3)n1. The van der Waals surface area contributed by atoms with Crippen molar-refractivity contribution < 1.29 is 14.3 Å². The molecule has 1 unspecified atom stereocenters. The van der Waals surface area contributed by atoms with E-state index in [1.807, 2.05) is 53.4 Å². The van der Waals surface area contributed by atoms with Gasteiger partial charge in [0.1, 0.15) is 0 Å². The highest BCUT2D eigenvalue weighted by Crippen LogP contribution is 2.33. The Kier molecular flexibility index (Phi) is 6.35. The standard InChI is InChI=1S/C24H31N3O3/c1-19-17-27(23(28)20-7-4-3-5-8-20)18-24(30-19)12-15-26(16-13-24)14-11-21-9-6-10-22(25-21)29-2/h3-10,19H,11-18H2,1-2H3. The molecule has 6 heteroatoms. The van der Waals surface area contributed by atoms with Crippen molar-refractivity contribution in [1.82, 2.24) is 14.8 Å². The van der Waals surface area contributed by atoms with Gasteiger partial charge < -0.3 is 19.3 Å². The van der Waals surface area contributed by atoms with Crippen molar-refractivity contribution in [2.75, 3.05) is 39.8 Å². The van der Waals surface area contributed by atoms with Gasteiger partial charge in [-0.25, -0.2) is 4.98 Å². The van der Waals surface area contributed by atoms with Crippen LogP contribution in [-0.4, -0.2) is 72.2 Å². The summed E-state index contributed by atoms with van der Waals surface area (Å²) in [6.07, 6.45) is 2.85. The maximum Gasteiger partial charge on any atom is 0.254 e. The van der Waals surface area contributed by atoms with Crippen LogP contribution < -0.4 is 4.74 Å². The molecule has 3 heterocycles. The molecule has 1 aromatic heterocycles. The molecule has 2 aliphatic heterocycles. The van der Waals surface area contributed by atoms with Crippen LogP contribution >= 0.6 is 0 Å². The molecule has 30 heavy (non-hydrogen) atoms. The van der Waals surface area contributed by atoms with E-state index < -0.39 is 0 Å². The van der Waals surface area contributed by atoms with Gasteiger partial charge in [0, 0.05) is 49.9 Å². The highest BCUT2D eigenvalue weighted by atomic mass is 16.5. The molecule has 0 radical (unpaired) electrons. The van der Waals surface area contributed by atoms with Gasteiger partial charge in [0.15, 0.2) is 0 Å². The minimum Gasteiger partial charge on any atom is -0.481 e. The molecule has 4 rings (SSSR count). The second-order valence-corrected chi connectivity index (χ2v) is 8.43. The van der Waals surface area contributed by atoms with E-state index >= 15 is 0 Å². The second-order valence-electron chi connectivity index (χ2n) is 8.43. The van der Waals surface area contributed by atoms with E-state index in [0.717, 1.165) is 50.2 Å². The number of benzene rings is 1. The van der Waals surface area contributed by atoms with E-state index in [1.165, 1.54) is 0 Å². The van der Waals surface area contributed by atoms with Gasteiger partial charge in [0.2, 0.25) is 5.88 Å². The zero-order valence-electron chi connectivity index (χ0n) is 17.9. The average Bonchev–Trinajstić information content (AvgIpc) is 2.78. The Labute approximate surface area is 178 Å². The summed E-state index contributed by atoms with van der Waals surface area (Å²) in [7, 11) is 1.65. The number of pyridine rings is 1. The molecular formula is C24H31N3O3. The van der Waals surface area contributed by atoms with E-state index in [2.05, 4.69) is 16.8 Å². The molecule has 1 atom stereocenters. The third-order valence-electron chi connectivity index (χ3n) is 6.16. The van der Waals surface area contributed by atoms with Gasteiger partial charge >= 0.3 is 0 Å². The Morgan fingerprint density at radius 2 is 1.93 bits per heavy atom. The van der Waals surface area contributed by atoms with Gasteiger partial charge in [0.25, 0.3) is 5.91 Å². The number of hydrogen-bond donors (Lipinski definition) is 0. The molecule has 2 fully saturated rings. The molecule has 0 aliphatic carbocycles. The van der Waals surface area contributed by atoms with Crippen LogP contribution in [0.25, 0.3) is 0 Å². The zero-order chi connectivity index (χ0) is 21.0. The van der Waals surface area contributed by atoms with E-state index in [0.29, 0.717) is 19.0 Å². The van der Waals surface area contributed by atoms with Crippen molar-refractivity contribution in [3.8, 4) is 5.88 Å². The lowest BCUT2D eigenvalue weighted by Gasteiger charge is -2.49. The number of aromatic nitrogens is 1. The molecule has 1 aromatic carbocycles. The molecule has 1 spiro atoms. The predicted octanol–water partition coefficient (Wildman–Crippen LogP) is 3.03. The lowest BCUT2D eigenvalue weighted by molar-refractivity contribution is -0.161. The number of ether oxygens (including phenoxy) is 2. The third kappa shape index (κ3) is 4.82. The lowest BCUT2D eigenvalue weighted by atomic mass is 9.88. The van der Waals surface area contributed by atoms with Gasteiger partial charge in [-0.3, -0.25) is 4.79 Å².